The normalized spacial score (nSPS) is 17.0. The number of amides is 1. The molecule has 11 nitrogen and oxygen atoms in total. The number of nitrogens with one attached hydrogen (secondary N) is 1. The van der Waals surface area contributed by atoms with E-state index in [0.717, 1.165) is 47.1 Å². The number of sulfonamides is 1. The highest BCUT2D eigenvalue weighted by molar-refractivity contribution is 7.93. The number of hydrogen-bond acceptors (Lipinski definition) is 9. The zero-order valence-electron chi connectivity index (χ0n) is 24.1. The first-order chi connectivity index (χ1) is 19.5. The van der Waals surface area contributed by atoms with E-state index in [1.54, 1.807) is 23.5 Å². The number of piperazine rings is 1. The fourth-order valence-corrected chi connectivity index (χ4v) is 6.93. The fraction of sp³-hybridized carbons (Fsp3) is 0.517. The molecule has 3 heterocycles. The van der Waals surface area contributed by atoms with Crippen LogP contribution >= 0.6 is 0 Å². The third-order valence-electron chi connectivity index (χ3n) is 7.47. The van der Waals surface area contributed by atoms with Crippen LogP contribution in [0.5, 0.6) is 5.88 Å². The lowest BCUT2D eigenvalue weighted by Crippen LogP contribution is -2.50. The minimum absolute atomic E-state index is 0.223. The van der Waals surface area contributed by atoms with Gasteiger partial charge >= 0.3 is 6.09 Å². The van der Waals surface area contributed by atoms with E-state index in [4.69, 9.17) is 9.47 Å². The Kier molecular flexibility index (Phi) is 8.21. The molecule has 1 saturated heterocycles. The second-order valence-electron chi connectivity index (χ2n) is 11.6. The third kappa shape index (κ3) is 6.64. The lowest BCUT2D eigenvalue weighted by Gasteiger charge is -2.36. The Morgan fingerprint density at radius 1 is 0.976 bits per heavy atom. The molecule has 0 atom stereocenters. The molecule has 0 bridgehead atoms. The second-order valence-corrected chi connectivity index (χ2v) is 13.5. The number of anilines is 2. The van der Waals surface area contributed by atoms with E-state index in [-0.39, 0.29) is 12.0 Å². The van der Waals surface area contributed by atoms with Crippen LogP contribution < -0.4 is 14.4 Å². The van der Waals surface area contributed by atoms with Gasteiger partial charge in [0.05, 0.1) is 17.9 Å². The molecule has 1 aliphatic carbocycles. The first-order valence-corrected chi connectivity index (χ1v) is 15.6. The summed E-state index contributed by atoms with van der Waals surface area (Å²) >= 11 is 0. The van der Waals surface area contributed by atoms with Crippen molar-refractivity contribution in [3.63, 3.8) is 0 Å². The standard InChI is InChI=1S/C29H38N6O5S/c1-29(2,3)40-28(36)35-14-12-34(13-15-35)26-23-16-20(10-11-24(23)31-19-32-26)21-17-25(27(39-4)30-18-21)33-41(37,38)22-8-6-5-7-9-22/h10-11,16-19,22,33H,5-9,12-15H2,1-4H3. The van der Waals surface area contributed by atoms with Crippen LogP contribution in [-0.2, 0) is 14.8 Å². The number of pyridine rings is 1. The summed E-state index contributed by atoms with van der Waals surface area (Å²) in [6, 6.07) is 7.61. The van der Waals surface area contributed by atoms with E-state index in [9.17, 15) is 13.2 Å². The molecule has 0 radical (unpaired) electrons. The second kappa shape index (κ2) is 11.7. The van der Waals surface area contributed by atoms with Crippen molar-refractivity contribution >= 4 is 38.5 Å². The van der Waals surface area contributed by atoms with Gasteiger partial charge in [0.15, 0.2) is 0 Å². The van der Waals surface area contributed by atoms with E-state index in [0.29, 0.717) is 44.7 Å². The van der Waals surface area contributed by atoms with Crippen LogP contribution in [-0.4, -0.2) is 78.5 Å². The molecule has 2 aromatic heterocycles. The van der Waals surface area contributed by atoms with Gasteiger partial charge in [-0.25, -0.2) is 28.2 Å². The summed E-state index contributed by atoms with van der Waals surface area (Å²) in [6.07, 6.45) is 7.12. The Morgan fingerprint density at radius 3 is 2.39 bits per heavy atom. The lowest BCUT2D eigenvalue weighted by molar-refractivity contribution is 0.0240. The van der Waals surface area contributed by atoms with Gasteiger partial charge in [0.2, 0.25) is 15.9 Å². The molecule has 0 unspecified atom stereocenters. The van der Waals surface area contributed by atoms with Crippen molar-refractivity contribution in [2.24, 2.45) is 0 Å². The smallest absolute Gasteiger partial charge is 0.410 e. The predicted molar refractivity (Wildman–Crippen MR) is 159 cm³/mol. The fourth-order valence-electron chi connectivity index (χ4n) is 5.36. The summed E-state index contributed by atoms with van der Waals surface area (Å²) in [4.78, 5) is 29.8. The number of benzene rings is 1. The highest BCUT2D eigenvalue weighted by Gasteiger charge is 2.29. The average Bonchev–Trinajstić information content (AvgIpc) is 2.96. The van der Waals surface area contributed by atoms with Gasteiger partial charge in [-0.3, -0.25) is 4.72 Å². The van der Waals surface area contributed by atoms with Gasteiger partial charge in [-0.15, -0.1) is 0 Å². The van der Waals surface area contributed by atoms with E-state index in [1.165, 1.54) is 7.11 Å². The highest BCUT2D eigenvalue weighted by Crippen LogP contribution is 2.34. The van der Waals surface area contributed by atoms with Crippen LogP contribution in [0.4, 0.5) is 16.3 Å². The average molecular weight is 583 g/mol. The highest BCUT2D eigenvalue weighted by atomic mass is 32.2. The molecular weight excluding hydrogens is 544 g/mol. The molecule has 1 amide bonds. The van der Waals surface area contributed by atoms with Gasteiger partial charge in [-0.05, 0) is 57.4 Å². The summed E-state index contributed by atoms with van der Waals surface area (Å²) in [7, 11) is -2.10. The summed E-state index contributed by atoms with van der Waals surface area (Å²) in [6.45, 7) is 7.83. The Balaban J connectivity index is 1.40. The molecule has 41 heavy (non-hydrogen) atoms. The third-order valence-corrected chi connectivity index (χ3v) is 9.32. The van der Waals surface area contributed by atoms with Gasteiger partial charge in [0.1, 0.15) is 23.4 Å². The minimum atomic E-state index is -3.58. The van der Waals surface area contributed by atoms with Gasteiger partial charge in [-0.2, -0.15) is 0 Å². The Bertz CT molecular complexity index is 1510. The first-order valence-electron chi connectivity index (χ1n) is 14.1. The largest absolute Gasteiger partial charge is 0.480 e. The van der Waals surface area contributed by atoms with Crippen LogP contribution in [0.25, 0.3) is 22.0 Å². The molecule has 220 valence electrons. The lowest BCUT2D eigenvalue weighted by atomic mass is 10.0. The molecule has 5 rings (SSSR count). The van der Waals surface area contributed by atoms with Gasteiger partial charge in [0, 0.05) is 43.3 Å². The number of hydrogen-bond donors (Lipinski definition) is 1. The molecule has 3 aromatic rings. The van der Waals surface area contributed by atoms with Gasteiger partial charge in [-0.1, -0.05) is 25.3 Å². The van der Waals surface area contributed by atoms with Crippen LogP contribution in [0.2, 0.25) is 0 Å². The quantitative estimate of drug-likeness (QED) is 0.435. The van der Waals surface area contributed by atoms with E-state index < -0.39 is 20.9 Å². The predicted octanol–water partition coefficient (Wildman–Crippen LogP) is 4.83. The van der Waals surface area contributed by atoms with Crippen molar-refractivity contribution in [2.45, 2.75) is 63.7 Å². The summed E-state index contributed by atoms with van der Waals surface area (Å²) in [5, 5.41) is 0.441. The molecule has 1 aromatic carbocycles. The number of carbonyl (C=O) groups is 1. The maximum absolute atomic E-state index is 13.2. The van der Waals surface area contributed by atoms with Crippen molar-refractivity contribution in [3.05, 3.63) is 36.8 Å². The van der Waals surface area contributed by atoms with Crippen LogP contribution in [0.15, 0.2) is 36.8 Å². The Labute approximate surface area is 241 Å². The monoisotopic (exact) mass is 582 g/mol. The van der Waals surface area contributed by atoms with Gasteiger partial charge < -0.3 is 19.3 Å². The van der Waals surface area contributed by atoms with E-state index in [1.807, 2.05) is 39.0 Å². The Morgan fingerprint density at radius 2 is 1.71 bits per heavy atom. The molecule has 1 N–H and O–H groups in total. The molecule has 2 fully saturated rings. The zero-order chi connectivity index (χ0) is 29.2. The maximum atomic E-state index is 13.2. The summed E-state index contributed by atoms with van der Waals surface area (Å²) < 4.78 is 40.0. The van der Waals surface area contributed by atoms with Crippen molar-refractivity contribution in [3.8, 4) is 17.0 Å². The first kappa shape index (κ1) is 28.8. The van der Waals surface area contributed by atoms with E-state index >= 15 is 0 Å². The number of rotatable bonds is 6. The van der Waals surface area contributed by atoms with Crippen LogP contribution in [0.3, 0.4) is 0 Å². The van der Waals surface area contributed by atoms with Crippen molar-refractivity contribution in [1.29, 1.82) is 0 Å². The van der Waals surface area contributed by atoms with Crippen LogP contribution in [0, 0.1) is 0 Å². The van der Waals surface area contributed by atoms with Crippen molar-refractivity contribution < 1.29 is 22.7 Å². The molecule has 0 spiro atoms. The Hall–Kier alpha value is -3.67. The number of fused-ring (bicyclic) bond motifs is 1. The van der Waals surface area contributed by atoms with Crippen LogP contribution in [0.1, 0.15) is 52.9 Å². The molecule has 1 saturated carbocycles. The SMILES string of the molecule is COc1ncc(-c2ccc3ncnc(N4CCN(C(=O)OC(C)(C)C)CC4)c3c2)cc1NS(=O)(=O)C1CCCCC1. The number of ether oxygens (including phenoxy) is 2. The molecular formula is C29H38N6O5S. The van der Waals surface area contributed by atoms with E-state index in [2.05, 4.69) is 24.6 Å². The maximum Gasteiger partial charge on any atom is 0.410 e. The number of carbonyl (C=O) groups excluding carboxylic acids is 1. The number of methoxy groups -OCH3 is 1. The zero-order valence-corrected chi connectivity index (χ0v) is 24.9. The number of nitrogens with zero attached hydrogens (tertiary/aromatic N) is 5. The summed E-state index contributed by atoms with van der Waals surface area (Å²) in [5.74, 6) is 1.00. The van der Waals surface area contributed by atoms with Gasteiger partial charge in [0.25, 0.3) is 0 Å². The van der Waals surface area contributed by atoms with Crippen molar-refractivity contribution in [1.82, 2.24) is 19.9 Å². The minimum Gasteiger partial charge on any atom is -0.480 e. The van der Waals surface area contributed by atoms with Crippen molar-refractivity contribution in [2.75, 3.05) is 42.9 Å². The molecule has 2 aliphatic rings. The topological polar surface area (TPSA) is 127 Å². The molecule has 1 aliphatic heterocycles. The molecule has 12 heteroatoms. The summed E-state index contributed by atoms with van der Waals surface area (Å²) in [5.41, 5.74) is 2.14. The number of aromatic nitrogens is 3.